The highest BCUT2D eigenvalue weighted by molar-refractivity contribution is 5.94. The molecule has 2 fully saturated rings. The highest BCUT2D eigenvalue weighted by atomic mass is 19.4. The average Bonchev–Trinajstić information content (AvgIpc) is 3.75. The van der Waals surface area contributed by atoms with Crippen molar-refractivity contribution in [2.45, 2.75) is 38.2 Å². The van der Waals surface area contributed by atoms with E-state index in [1.807, 2.05) is 30.6 Å². The Morgan fingerprint density at radius 1 is 0.915 bits per heavy atom. The molecule has 3 N–H and O–H groups in total. The number of halogens is 6. The molecular weight excluding hydrogens is 642 g/mol. The number of aliphatic carboxylic acids is 2. The van der Waals surface area contributed by atoms with Crippen molar-refractivity contribution in [1.29, 1.82) is 0 Å². The molecular formula is C29H32F6N6O6. The summed E-state index contributed by atoms with van der Waals surface area (Å²) in [6, 6.07) is 5.77. The normalized spacial score (nSPS) is 15.0. The zero-order chi connectivity index (χ0) is 34.6. The lowest BCUT2D eigenvalue weighted by atomic mass is 10.1. The number of hydrogen-bond donors (Lipinski definition) is 3. The van der Waals surface area contributed by atoms with Gasteiger partial charge in [-0.05, 0) is 49.9 Å². The molecule has 0 unspecified atom stereocenters. The molecule has 1 saturated heterocycles. The van der Waals surface area contributed by atoms with E-state index in [-0.39, 0.29) is 5.91 Å². The van der Waals surface area contributed by atoms with Crippen molar-refractivity contribution in [3.05, 3.63) is 54.9 Å². The number of carboxylic acid groups (broad SMARTS) is 2. The number of pyridine rings is 1. The fourth-order valence-electron chi connectivity index (χ4n) is 4.13. The van der Waals surface area contributed by atoms with Crippen LogP contribution in [0.4, 0.5) is 26.3 Å². The van der Waals surface area contributed by atoms with E-state index in [1.54, 1.807) is 12.4 Å². The number of ether oxygens (including phenoxy) is 1. The van der Waals surface area contributed by atoms with E-state index in [0.29, 0.717) is 24.0 Å². The molecule has 4 heterocycles. The van der Waals surface area contributed by atoms with Crippen LogP contribution in [-0.4, -0.2) is 104 Å². The van der Waals surface area contributed by atoms with Gasteiger partial charge in [0, 0.05) is 73.9 Å². The van der Waals surface area contributed by atoms with Gasteiger partial charge in [0.25, 0.3) is 5.91 Å². The largest absolute Gasteiger partial charge is 0.490 e. The lowest BCUT2D eigenvalue weighted by molar-refractivity contribution is -0.193. The zero-order valence-corrected chi connectivity index (χ0v) is 24.8. The first-order valence-electron chi connectivity index (χ1n) is 14.3. The summed E-state index contributed by atoms with van der Waals surface area (Å²) < 4.78 is 71.0. The van der Waals surface area contributed by atoms with Gasteiger partial charge >= 0.3 is 24.3 Å². The van der Waals surface area contributed by atoms with Crippen molar-refractivity contribution >= 4 is 17.8 Å². The average molecular weight is 675 g/mol. The SMILES string of the molecule is O=C(NCCCN1CCOCC1)c1cc(-c2cnc(-c3cccnc3)nc2)cn1CC1CC1.O=C(O)C(F)(F)F.O=C(O)C(F)(F)F. The molecule has 256 valence electrons. The second-order valence-electron chi connectivity index (χ2n) is 10.4. The second-order valence-corrected chi connectivity index (χ2v) is 10.4. The Bertz CT molecular complexity index is 1430. The molecule has 1 saturated carbocycles. The van der Waals surface area contributed by atoms with Crippen LogP contribution in [0.2, 0.25) is 0 Å². The first kappa shape index (κ1) is 36.9. The molecule has 0 atom stereocenters. The second kappa shape index (κ2) is 16.8. The third kappa shape index (κ3) is 12.6. The fraction of sp³-hybridized carbons (Fsp3) is 0.448. The fourth-order valence-corrected chi connectivity index (χ4v) is 4.13. The van der Waals surface area contributed by atoms with E-state index in [1.165, 1.54) is 12.8 Å². The minimum Gasteiger partial charge on any atom is -0.475 e. The van der Waals surface area contributed by atoms with Crippen molar-refractivity contribution in [1.82, 2.24) is 29.7 Å². The molecule has 1 aliphatic heterocycles. The molecule has 12 nitrogen and oxygen atoms in total. The van der Waals surface area contributed by atoms with E-state index in [9.17, 15) is 31.1 Å². The van der Waals surface area contributed by atoms with Crippen LogP contribution >= 0.6 is 0 Å². The maximum absolute atomic E-state index is 13.0. The van der Waals surface area contributed by atoms with E-state index in [4.69, 9.17) is 24.5 Å². The quantitative estimate of drug-likeness (QED) is 0.223. The summed E-state index contributed by atoms with van der Waals surface area (Å²) in [5.41, 5.74) is 3.46. The van der Waals surface area contributed by atoms with Gasteiger partial charge in [-0.1, -0.05) is 0 Å². The minimum absolute atomic E-state index is 0.0169. The Kier molecular flexibility index (Phi) is 13.2. The number of amides is 1. The van der Waals surface area contributed by atoms with Gasteiger partial charge in [-0.2, -0.15) is 26.3 Å². The van der Waals surface area contributed by atoms with Crippen LogP contribution in [0.3, 0.4) is 0 Å². The van der Waals surface area contributed by atoms with Crippen molar-refractivity contribution in [2.75, 3.05) is 39.4 Å². The number of aromatic nitrogens is 4. The Morgan fingerprint density at radius 2 is 1.51 bits per heavy atom. The Morgan fingerprint density at radius 3 is 2.02 bits per heavy atom. The molecule has 5 rings (SSSR count). The lowest BCUT2D eigenvalue weighted by Crippen LogP contribution is -2.38. The van der Waals surface area contributed by atoms with Crippen LogP contribution in [0.5, 0.6) is 0 Å². The third-order valence-corrected chi connectivity index (χ3v) is 6.71. The standard InChI is InChI=1S/C25H30N6O2.2C2HF3O2/c32-25(27-7-2-8-30-9-11-33-12-10-30)23-13-21(18-31(23)17-19-4-5-19)22-15-28-24(29-16-22)20-3-1-6-26-14-20;2*3-2(4,5)1(6)7/h1,3,6,13-16,18-19H,2,4-5,7-12,17H2,(H,27,32);2*(H,6,7). The molecule has 0 bridgehead atoms. The summed E-state index contributed by atoms with van der Waals surface area (Å²) >= 11 is 0. The van der Waals surface area contributed by atoms with Crippen LogP contribution in [-0.2, 0) is 20.9 Å². The van der Waals surface area contributed by atoms with E-state index in [0.717, 1.165) is 62.5 Å². The van der Waals surface area contributed by atoms with Crippen molar-refractivity contribution in [2.24, 2.45) is 5.92 Å². The highest BCUT2D eigenvalue weighted by Gasteiger charge is 2.39. The minimum atomic E-state index is -5.08. The smallest absolute Gasteiger partial charge is 0.475 e. The number of nitrogens with one attached hydrogen (secondary N) is 1. The van der Waals surface area contributed by atoms with Crippen LogP contribution in [0.1, 0.15) is 29.8 Å². The maximum Gasteiger partial charge on any atom is 0.490 e. The lowest BCUT2D eigenvalue weighted by Gasteiger charge is -2.26. The highest BCUT2D eigenvalue weighted by Crippen LogP contribution is 2.32. The van der Waals surface area contributed by atoms with Crippen LogP contribution in [0.25, 0.3) is 22.5 Å². The Balaban J connectivity index is 0.000000360. The van der Waals surface area contributed by atoms with Gasteiger partial charge in [-0.25, -0.2) is 19.6 Å². The number of carbonyl (C=O) groups excluding carboxylic acids is 1. The first-order valence-corrected chi connectivity index (χ1v) is 14.3. The van der Waals surface area contributed by atoms with Gasteiger partial charge in [0.15, 0.2) is 5.82 Å². The molecule has 2 aliphatic rings. The van der Waals surface area contributed by atoms with Crippen LogP contribution in [0, 0.1) is 5.92 Å². The summed E-state index contributed by atoms with van der Waals surface area (Å²) in [7, 11) is 0. The number of alkyl halides is 6. The van der Waals surface area contributed by atoms with Gasteiger partial charge in [0.1, 0.15) is 5.69 Å². The number of nitrogens with zero attached hydrogens (tertiary/aromatic N) is 5. The van der Waals surface area contributed by atoms with Gasteiger partial charge in [0.2, 0.25) is 0 Å². The van der Waals surface area contributed by atoms with E-state index < -0.39 is 24.3 Å². The molecule has 18 heteroatoms. The summed E-state index contributed by atoms with van der Waals surface area (Å²) in [5, 5.41) is 17.4. The predicted molar refractivity (Wildman–Crippen MR) is 153 cm³/mol. The van der Waals surface area contributed by atoms with Gasteiger partial charge in [-0.3, -0.25) is 14.7 Å². The molecule has 3 aromatic heterocycles. The molecule has 1 amide bonds. The topological polar surface area (TPSA) is 160 Å². The third-order valence-electron chi connectivity index (χ3n) is 6.71. The number of morpholine rings is 1. The van der Waals surface area contributed by atoms with Gasteiger partial charge in [-0.15, -0.1) is 0 Å². The molecule has 0 aromatic carbocycles. The van der Waals surface area contributed by atoms with Crippen molar-refractivity contribution < 1.29 is 55.7 Å². The van der Waals surface area contributed by atoms with Gasteiger partial charge in [0.05, 0.1) is 13.2 Å². The summed E-state index contributed by atoms with van der Waals surface area (Å²) in [6.45, 7) is 6.09. The maximum atomic E-state index is 13.0. The van der Waals surface area contributed by atoms with Crippen molar-refractivity contribution in [3.63, 3.8) is 0 Å². The monoisotopic (exact) mass is 674 g/mol. The number of carboxylic acids is 2. The Hall–Kier alpha value is -4.58. The van der Waals surface area contributed by atoms with E-state index >= 15 is 0 Å². The molecule has 3 aromatic rings. The molecule has 1 aliphatic carbocycles. The number of rotatable bonds is 9. The Labute approximate surface area is 264 Å². The van der Waals surface area contributed by atoms with Crippen molar-refractivity contribution in [3.8, 4) is 22.5 Å². The summed E-state index contributed by atoms with van der Waals surface area (Å²) in [4.78, 5) is 46.3. The number of hydrogen-bond acceptors (Lipinski definition) is 8. The predicted octanol–water partition coefficient (Wildman–Crippen LogP) is 4.14. The first-order chi connectivity index (χ1) is 22.1. The molecule has 0 radical (unpaired) electrons. The summed E-state index contributed by atoms with van der Waals surface area (Å²) in [6.07, 6.45) is 2.41. The number of carbonyl (C=O) groups is 3. The molecule has 47 heavy (non-hydrogen) atoms. The van der Waals surface area contributed by atoms with Gasteiger partial charge < -0.3 is 24.8 Å². The van der Waals surface area contributed by atoms with E-state index in [2.05, 4.69) is 35.9 Å². The molecule has 0 spiro atoms. The zero-order valence-electron chi connectivity index (χ0n) is 24.8. The van der Waals surface area contributed by atoms with Crippen LogP contribution in [0.15, 0.2) is 49.2 Å². The van der Waals surface area contributed by atoms with Crippen LogP contribution < -0.4 is 5.32 Å². The summed E-state index contributed by atoms with van der Waals surface area (Å²) in [5.74, 6) is -4.22.